The molecule has 0 aliphatic heterocycles. The number of aryl methyl sites for hydroxylation is 1. The lowest BCUT2D eigenvalue weighted by molar-refractivity contribution is 0.475. The molecule has 26 heavy (non-hydrogen) atoms. The van der Waals surface area contributed by atoms with Gasteiger partial charge in [0.15, 0.2) is 0 Å². The van der Waals surface area contributed by atoms with Gasteiger partial charge in [-0.25, -0.2) is 4.79 Å². The summed E-state index contributed by atoms with van der Waals surface area (Å²) in [6.07, 6.45) is 0. The minimum atomic E-state index is -0.449. The molecule has 0 saturated heterocycles. The maximum absolute atomic E-state index is 12.8. The largest absolute Gasteiger partial charge is 0.508 e. The molecule has 0 aliphatic carbocycles. The monoisotopic (exact) mass is 344 g/mol. The number of phenolic OH excluding ortho intramolecular Hbond substituents is 2. The van der Waals surface area contributed by atoms with Crippen molar-refractivity contribution < 1.29 is 14.6 Å². The molecule has 0 unspecified atom stereocenters. The van der Waals surface area contributed by atoms with Crippen molar-refractivity contribution in [2.45, 2.75) is 6.92 Å². The lowest BCUT2D eigenvalue weighted by atomic mass is 9.92. The van der Waals surface area contributed by atoms with Crippen molar-refractivity contribution in [3.05, 3.63) is 82.7 Å². The molecule has 128 valence electrons. The van der Waals surface area contributed by atoms with E-state index in [4.69, 9.17) is 4.42 Å². The van der Waals surface area contributed by atoms with Crippen LogP contribution in [0.15, 0.2) is 75.9 Å². The second-order valence-corrected chi connectivity index (χ2v) is 6.23. The van der Waals surface area contributed by atoms with Crippen molar-refractivity contribution >= 4 is 11.0 Å². The van der Waals surface area contributed by atoms with Crippen LogP contribution in [-0.4, -0.2) is 10.2 Å². The Balaban J connectivity index is 2.14. The van der Waals surface area contributed by atoms with Gasteiger partial charge in [-0.1, -0.05) is 35.9 Å². The first kappa shape index (κ1) is 16.0. The van der Waals surface area contributed by atoms with Crippen molar-refractivity contribution in [3.63, 3.8) is 0 Å². The Morgan fingerprint density at radius 2 is 1.27 bits per heavy atom. The predicted molar refractivity (Wildman–Crippen MR) is 101 cm³/mol. The second kappa shape index (κ2) is 6.08. The fraction of sp³-hybridized carbons (Fsp3) is 0.0455. The van der Waals surface area contributed by atoms with Crippen LogP contribution in [0.3, 0.4) is 0 Å². The Morgan fingerprint density at radius 1 is 0.731 bits per heavy atom. The van der Waals surface area contributed by atoms with Crippen LogP contribution in [0.2, 0.25) is 0 Å². The van der Waals surface area contributed by atoms with Gasteiger partial charge in [0.2, 0.25) is 0 Å². The van der Waals surface area contributed by atoms with E-state index in [2.05, 4.69) is 0 Å². The lowest BCUT2D eigenvalue weighted by Crippen LogP contribution is -2.06. The highest BCUT2D eigenvalue weighted by molar-refractivity contribution is 6.01. The Labute approximate surface area is 149 Å². The summed E-state index contributed by atoms with van der Waals surface area (Å²) in [6.45, 7) is 1.98. The topological polar surface area (TPSA) is 70.7 Å². The maximum atomic E-state index is 12.8. The summed E-state index contributed by atoms with van der Waals surface area (Å²) < 4.78 is 5.55. The van der Waals surface area contributed by atoms with Gasteiger partial charge in [0.1, 0.15) is 17.1 Å². The first-order valence-corrected chi connectivity index (χ1v) is 8.19. The van der Waals surface area contributed by atoms with Gasteiger partial charge in [0.25, 0.3) is 0 Å². The number of rotatable bonds is 2. The fourth-order valence-electron chi connectivity index (χ4n) is 3.13. The van der Waals surface area contributed by atoms with Crippen LogP contribution < -0.4 is 5.63 Å². The molecule has 0 spiro atoms. The quantitative estimate of drug-likeness (QED) is 0.510. The Kier molecular flexibility index (Phi) is 3.73. The van der Waals surface area contributed by atoms with E-state index in [0.717, 1.165) is 22.1 Å². The number of benzene rings is 3. The molecule has 1 heterocycles. The summed E-state index contributed by atoms with van der Waals surface area (Å²) >= 11 is 0. The van der Waals surface area contributed by atoms with Gasteiger partial charge in [0.05, 0.1) is 5.56 Å². The van der Waals surface area contributed by atoms with E-state index < -0.39 is 5.63 Å². The first-order chi connectivity index (χ1) is 12.5. The van der Waals surface area contributed by atoms with Gasteiger partial charge in [-0.2, -0.15) is 0 Å². The van der Waals surface area contributed by atoms with E-state index in [1.54, 1.807) is 42.5 Å². The van der Waals surface area contributed by atoms with Gasteiger partial charge in [0, 0.05) is 10.9 Å². The van der Waals surface area contributed by atoms with Gasteiger partial charge in [-0.15, -0.1) is 0 Å². The highest BCUT2D eigenvalue weighted by Gasteiger charge is 2.18. The maximum Gasteiger partial charge on any atom is 0.344 e. The lowest BCUT2D eigenvalue weighted by Gasteiger charge is -2.13. The summed E-state index contributed by atoms with van der Waals surface area (Å²) in [6, 6.07) is 18.8. The Morgan fingerprint density at radius 3 is 1.85 bits per heavy atom. The van der Waals surface area contributed by atoms with Crippen molar-refractivity contribution in [1.29, 1.82) is 0 Å². The van der Waals surface area contributed by atoms with E-state index >= 15 is 0 Å². The zero-order chi connectivity index (χ0) is 18.3. The zero-order valence-electron chi connectivity index (χ0n) is 14.1. The molecule has 4 heteroatoms. The summed E-state index contributed by atoms with van der Waals surface area (Å²) in [5.41, 5.74) is 3.72. The van der Waals surface area contributed by atoms with Crippen LogP contribution in [-0.2, 0) is 0 Å². The third-order valence-electron chi connectivity index (χ3n) is 4.37. The van der Waals surface area contributed by atoms with Crippen LogP contribution in [0.25, 0.3) is 33.2 Å². The molecule has 0 saturated carbocycles. The number of phenols is 2. The van der Waals surface area contributed by atoms with E-state index in [0.29, 0.717) is 16.7 Å². The van der Waals surface area contributed by atoms with E-state index in [1.807, 2.05) is 19.1 Å². The molecule has 4 rings (SSSR count). The van der Waals surface area contributed by atoms with E-state index in [9.17, 15) is 15.0 Å². The van der Waals surface area contributed by atoms with E-state index in [-0.39, 0.29) is 11.5 Å². The van der Waals surface area contributed by atoms with Gasteiger partial charge in [-0.3, -0.25) is 0 Å². The minimum absolute atomic E-state index is 0.126. The van der Waals surface area contributed by atoms with Crippen LogP contribution in [0, 0.1) is 6.92 Å². The van der Waals surface area contributed by atoms with E-state index in [1.165, 1.54) is 12.1 Å². The van der Waals surface area contributed by atoms with Crippen LogP contribution >= 0.6 is 0 Å². The fourth-order valence-corrected chi connectivity index (χ4v) is 3.13. The molecule has 0 amide bonds. The summed E-state index contributed by atoms with van der Waals surface area (Å²) in [7, 11) is 0. The normalized spacial score (nSPS) is 11.0. The second-order valence-electron chi connectivity index (χ2n) is 6.23. The average Bonchev–Trinajstić information content (AvgIpc) is 2.63. The van der Waals surface area contributed by atoms with Gasteiger partial charge < -0.3 is 14.6 Å². The summed E-state index contributed by atoms with van der Waals surface area (Å²) in [4.78, 5) is 12.8. The van der Waals surface area contributed by atoms with Crippen molar-refractivity contribution in [1.82, 2.24) is 0 Å². The number of hydrogen-bond donors (Lipinski definition) is 2. The van der Waals surface area contributed by atoms with Crippen LogP contribution in [0.5, 0.6) is 11.5 Å². The van der Waals surface area contributed by atoms with Crippen LogP contribution in [0.1, 0.15) is 5.56 Å². The molecule has 0 radical (unpaired) electrons. The van der Waals surface area contributed by atoms with Crippen molar-refractivity contribution in [3.8, 4) is 33.8 Å². The molecule has 4 aromatic rings. The molecular weight excluding hydrogens is 328 g/mol. The molecule has 4 nitrogen and oxygen atoms in total. The van der Waals surface area contributed by atoms with Gasteiger partial charge in [-0.05, 0) is 54.4 Å². The Hall–Kier alpha value is -3.53. The number of aromatic hydroxyl groups is 2. The molecule has 0 bridgehead atoms. The minimum Gasteiger partial charge on any atom is -0.508 e. The van der Waals surface area contributed by atoms with Gasteiger partial charge >= 0.3 is 5.63 Å². The molecule has 0 atom stereocenters. The highest BCUT2D eigenvalue weighted by Crippen LogP contribution is 2.37. The zero-order valence-corrected chi connectivity index (χ0v) is 14.1. The first-order valence-electron chi connectivity index (χ1n) is 8.19. The van der Waals surface area contributed by atoms with Crippen molar-refractivity contribution in [2.75, 3.05) is 0 Å². The third-order valence-corrected chi connectivity index (χ3v) is 4.37. The number of hydrogen-bond acceptors (Lipinski definition) is 4. The molecule has 0 fully saturated rings. The average molecular weight is 344 g/mol. The summed E-state index contributed by atoms with van der Waals surface area (Å²) in [5, 5.41) is 20.0. The molecule has 2 N–H and O–H groups in total. The molecular formula is C22H16O4. The van der Waals surface area contributed by atoms with Crippen molar-refractivity contribution in [2.24, 2.45) is 0 Å². The van der Waals surface area contributed by atoms with Crippen LogP contribution in [0.4, 0.5) is 0 Å². The smallest absolute Gasteiger partial charge is 0.344 e. The third kappa shape index (κ3) is 2.71. The number of fused-ring (bicyclic) bond motifs is 1. The highest BCUT2D eigenvalue weighted by atomic mass is 16.4. The Bertz CT molecular complexity index is 1150. The molecule has 3 aromatic carbocycles. The predicted octanol–water partition coefficient (Wildman–Crippen LogP) is 4.85. The standard InChI is InChI=1S/C22H16O4/c1-13-2-11-19-18(12-13)20(14-3-7-16(23)8-4-14)21(22(25)26-19)15-5-9-17(24)10-6-15/h2-12,23-24H,1H3. The summed E-state index contributed by atoms with van der Waals surface area (Å²) in [5.74, 6) is 0.282. The molecule has 1 aromatic heterocycles. The SMILES string of the molecule is Cc1ccc2oc(=O)c(-c3ccc(O)cc3)c(-c3ccc(O)cc3)c2c1. The molecule has 0 aliphatic rings.